The molecule has 3 aromatic carbocycles. The van der Waals surface area contributed by atoms with E-state index in [-0.39, 0.29) is 19.0 Å². The van der Waals surface area contributed by atoms with Crippen LogP contribution in [-0.4, -0.2) is 64.6 Å². The minimum absolute atomic E-state index is 0.123. The number of hydrogen-bond donors (Lipinski definition) is 1. The molecular formula is C72H70N12O3. The fourth-order valence-corrected chi connectivity index (χ4v) is 10.7. The maximum Gasteiger partial charge on any atom is 0.120 e. The van der Waals surface area contributed by atoms with E-state index in [1.165, 1.54) is 0 Å². The largest absolute Gasteiger partial charge is 0.508 e. The summed E-state index contributed by atoms with van der Waals surface area (Å²) < 4.78 is 13.6. The van der Waals surface area contributed by atoms with Crippen molar-refractivity contribution >= 4 is 0 Å². The molecule has 0 aliphatic heterocycles. The van der Waals surface area contributed by atoms with Gasteiger partial charge >= 0.3 is 0 Å². The second-order valence-corrected chi connectivity index (χ2v) is 21.7. The minimum atomic E-state index is 0.123. The first-order valence-corrected chi connectivity index (χ1v) is 29.3. The van der Waals surface area contributed by atoms with Crippen molar-refractivity contribution in [3.8, 4) is 17.2 Å². The summed E-state index contributed by atoms with van der Waals surface area (Å²) in [6, 6.07) is 66.7. The zero-order valence-corrected chi connectivity index (χ0v) is 48.7. The maximum atomic E-state index is 11.4. The number of ether oxygens (including phenoxy) is 2. The van der Waals surface area contributed by atoms with Gasteiger partial charge in [0.2, 0.25) is 0 Å². The lowest BCUT2D eigenvalue weighted by Crippen LogP contribution is -2.25. The van der Waals surface area contributed by atoms with E-state index in [2.05, 4.69) is 105 Å². The molecule has 0 aliphatic carbocycles. The van der Waals surface area contributed by atoms with Crippen molar-refractivity contribution in [3.63, 3.8) is 0 Å². The molecule has 0 saturated heterocycles. The number of hydrogen-bond acceptors (Lipinski definition) is 15. The van der Waals surface area contributed by atoms with Gasteiger partial charge in [-0.3, -0.25) is 59.5 Å². The molecule has 15 nitrogen and oxygen atoms in total. The first-order chi connectivity index (χ1) is 42.9. The van der Waals surface area contributed by atoms with Crippen LogP contribution in [0.15, 0.2) is 250 Å². The fourth-order valence-electron chi connectivity index (χ4n) is 10.7. The van der Waals surface area contributed by atoms with Gasteiger partial charge in [-0.25, -0.2) is 0 Å². The molecule has 15 heteroatoms. The number of aromatic nitrogens is 8. The van der Waals surface area contributed by atoms with E-state index >= 15 is 0 Å². The van der Waals surface area contributed by atoms with Crippen LogP contribution < -0.4 is 9.47 Å². The highest BCUT2D eigenvalue weighted by Crippen LogP contribution is 2.28. The molecule has 8 aromatic heterocycles. The number of phenolic OH excluding ortho intramolecular Hbond substituents is 1. The van der Waals surface area contributed by atoms with Crippen LogP contribution in [-0.2, 0) is 91.8 Å². The number of nitrogens with zero attached hydrogens (tertiary/aromatic N) is 12. The monoisotopic (exact) mass is 1150 g/mol. The van der Waals surface area contributed by atoms with Crippen LogP contribution in [0.5, 0.6) is 17.2 Å². The highest BCUT2D eigenvalue weighted by molar-refractivity contribution is 5.39. The first-order valence-electron chi connectivity index (χ1n) is 29.3. The van der Waals surface area contributed by atoms with Gasteiger partial charge in [0.15, 0.2) is 0 Å². The summed E-state index contributed by atoms with van der Waals surface area (Å²) in [5, 5.41) is 11.4. The Hall–Kier alpha value is -9.90. The van der Waals surface area contributed by atoms with Crippen molar-refractivity contribution in [1.82, 2.24) is 59.5 Å². The van der Waals surface area contributed by atoms with Crippen molar-refractivity contribution < 1.29 is 14.6 Å². The molecular weight excluding hydrogens is 1080 g/mol. The van der Waals surface area contributed by atoms with Crippen LogP contribution in [0, 0.1) is 0 Å². The molecule has 1 N–H and O–H groups in total. The summed E-state index contributed by atoms with van der Waals surface area (Å²) in [7, 11) is 0. The lowest BCUT2D eigenvalue weighted by Gasteiger charge is -2.25. The van der Waals surface area contributed by atoms with Crippen LogP contribution in [0.1, 0.15) is 78.9 Å². The van der Waals surface area contributed by atoms with E-state index in [0.717, 1.165) is 78.9 Å². The molecule has 0 amide bonds. The molecule has 11 rings (SSSR count). The molecule has 0 spiro atoms. The number of phenols is 1. The molecule has 0 atom stereocenters. The Kier molecular flexibility index (Phi) is 20.8. The molecule has 0 aliphatic rings. The number of benzene rings is 3. The van der Waals surface area contributed by atoms with Crippen LogP contribution in [0.4, 0.5) is 0 Å². The Balaban J connectivity index is 0.865. The molecule has 87 heavy (non-hydrogen) atoms. The molecule has 8 heterocycles. The van der Waals surface area contributed by atoms with Gasteiger partial charge in [-0.2, -0.15) is 0 Å². The lowest BCUT2D eigenvalue weighted by molar-refractivity contribution is 0.236. The average molecular weight is 1150 g/mol. The standard InChI is InChI=1S/C72H70N12O3/c85-70-36-60(54-86-71-38-56(42-81(46-62-17-1-9-25-73-62)47-63-18-2-10-26-74-63)33-57(39-71)43-82(48-64-19-3-11-27-75-64)49-65-20-4-12-28-76-65)35-61(37-70)55-87-72-40-58(44-83(50-66-21-5-13-29-77-66)51-67-22-6-14-30-78-67)34-59(41-72)45-84(52-68-23-7-15-31-79-68)53-69-24-8-16-32-80-69/h1-41,85H,42-55H2. The van der Waals surface area contributed by atoms with E-state index in [4.69, 9.17) is 49.3 Å². The number of pyridine rings is 8. The Morgan fingerprint density at radius 2 is 0.448 bits per heavy atom. The molecule has 0 bridgehead atoms. The minimum Gasteiger partial charge on any atom is -0.508 e. The number of rotatable bonds is 30. The molecule has 0 unspecified atom stereocenters. The Morgan fingerprint density at radius 1 is 0.241 bits per heavy atom. The summed E-state index contributed by atoms with van der Waals surface area (Å²) in [6.45, 7) is 7.79. The lowest BCUT2D eigenvalue weighted by atomic mass is 10.1. The van der Waals surface area contributed by atoms with Crippen molar-refractivity contribution in [2.45, 2.75) is 91.8 Å². The third kappa shape index (κ3) is 19.1. The summed E-state index contributed by atoms with van der Waals surface area (Å²) in [4.78, 5) is 47.0. The Labute approximate surface area is 509 Å². The van der Waals surface area contributed by atoms with Crippen molar-refractivity contribution in [2.75, 3.05) is 0 Å². The van der Waals surface area contributed by atoms with Crippen molar-refractivity contribution in [2.24, 2.45) is 0 Å². The highest BCUT2D eigenvalue weighted by Gasteiger charge is 2.19. The summed E-state index contributed by atoms with van der Waals surface area (Å²) >= 11 is 0. The Bertz CT molecular complexity index is 3180. The quantitative estimate of drug-likeness (QED) is 0.0454. The van der Waals surface area contributed by atoms with Crippen LogP contribution in [0.25, 0.3) is 0 Å². The predicted molar refractivity (Wildman–Crippen MR) is 335 cm³/mol. The third-order valence-corrected chi connectivity index (χ3v) is 14.4. The van der Waals surface area contributed by atoms with Crippen LogP contribution >= 0.6 is 0 Å². The summed E-state index contributed by atoms with van der Waals surface area (Å²) in [5.41, 5.74) is 13.6. The number of aromatic hydroxyl groups is 1. The summed E-state index contributed by atoms with van der Waals surface area (Å²) in [6.07, 6.45) is 14.7. The van der Waals surface area contributed by atoms with E-state index in [0.29, 0.717) is 90.0 Å². The van der Waals surface area contributed by atoms with Gasteiger partial charge in [0, 0.05) is 128 Å². The zero-order valence-electron chi connectivity index (χ0n) is 48.7. The molecule has 0 fully saturated rings. The van der Waals surface area contributed by atoms with Gasteiger partial charge in [0.25, 0.3) is 0 Å². The van der Waals surface area contributed by atoms with Crippen molar-refractivity contribution in [1.29, 1.82) is 0 Å². The van der Waals surface area contributed by atoms with Gasteiger partial charge < -0.3 is 14.6 Å². The molecule has 11 aromatic rings. The SMILES string of the molecule is Oc1cc(COc2cc(CN(Cc3ccccn3)Cc3ccccn3)cc(CN(Cc3ccccn3)Cc3ccccn3)c2)cc(COc2cc(CN(Cc3ccccn3)Cc3ccccn3)cc(CN(Cc3ccccn3)Cc3ccccn3)c2)c1. The van der Waals surface area contributed by atoms with E-state index < -0.39 is 0 Å². The molecule has 0 saturated carbocycles. The van der Waals surface area contributed by atoms with E-state index in [9.17, 15) is 5.11 Å². The van der Waals surface area contributed by atoms with Crippen LogP contribution in [0.2, 0.25) is 0 Å². The first kappa shape index (κ1) is 58.9. The fraction of sp³-hybridized carbons (Fsp3) is 0.194. The molecule has 0 radical (unpaired) electrons. The second-order valence-electron chi connectivity index (χ2n) is 21.7. The van der Waals surface area contributed by atoms with Gasteiger partial charge in [-0.15, -0.1) is 0 Å². The van der Waals surface area contributed by atoms with Gasteiger partial charge in [0.1, 0.15) is 30.5 Å². The average Bonchev–Trinajstić information content (AvgIpc) is 3.69. The predicted octanol–water partition coefficient (Wildman–Crippen LogP) is 12.5. The third-order valence-electron chi connectivity index (χ3n) is 14.4. The van der Waals surface area contributed by atoms with E-state index in [1.807, 2.05) is 153 Å². The van der Waals surface area contributed by atoms with Gasteiger partial charge in [-0.05, 0) is 173 Å². The molecule has 436 valence electrons. The second kappa shape index (κ2) is 30.8. The zero-order chi connectivity index (χ0) is 59.1. The smallest absolute Gasteiger partial charge is 0.120 e. The summed E-state index contributed by atoms with van der Waals surface area (Å²) in [5.74, 6) is 1.54. The topological polar surface area (TPSA) is 155 Å². The highest BCUT2D eigenvalue weighted by atomic mass is 16.5. The van der Waals surface area contributed by atoms with E-state index in [1.54, 1.807) is 12.1 Å². The van der Waals surface area contributed by atoms with Gasteiger partial charge in [0.05, 0.1) is 45.6 Å². The van der Waals surface area contributed by atoms with Gasteiger partial charge in [-0.1, -0.05) is 60.7 Å². The normalized spacial score (nSPS) is 11.4. The maximum absolute atomic E-state index is 11.4. The Morgan fingerprint density at radius 3 is 0.644 bits per heavy atom. The van der Waals surface area contributed by atoms with Crippen molar-refractivity contribution in [3.05, 3.63) is 329 Å². The van der Waals surface area contributed by atoms with Crippen LogP contribution in [0.3, 0.4) is 0 Å².